The quantitative estimate of drug-likeness (QED) is 0.0420. The predicted molar refractivity (Wildman–Crippen MR) is 216 cm³/mol. The lowest BCUT2D eigenvalue weighted by molar-refractivity contribution is 0.262. The Morgan fingerprint density at radius 2 is 0.933 bits per heavy atom. The highest BCUT2D eigenvalue weighted by Gasteiger charge is 2.22. The third-order valence-electron chi connectivity index (χ3n) is 8.38. The molecule has 6 aromatic rings. The van der Waals surface area contributed by atoms with Crippen molar-refractivity contribution in [1.82, 2.24) is 0 Å². The monoisotopic (exact) mass is 900 g/mol. The van der Waals surface area contributed by atoms with Gasteiger partial charge in [0.15, 0.2) is 9.84 Å². The minimum absolute atomic E-state index is 0.0169. The van der Waals surface area contributed by atoms with Crippen molar-refractivity contribution in [2.24, 2.45) is 20.5 Å². The standard InChI is InChI=1S/C34H28N8O14S4/c1-57(46,47)20-10-16-2-6-22(35)32(30(16)26(43)14-20)41-39-24-8-4-18(12-28(24)59(51,52)53)37-34(45)38-19-5-9-25(29(13-19)60(54,55)56)40-42-33-23(36)7-3-17-11-21(58(48,49)50)15-27(44)31(17)33/h2-15,43-44H,35-36H2,1H3,(H2,37,38,45)(H,48,49,50)(H,51,52,53)(H,54,55,56). The third-order valence-corrected chi connectivity index (χ3v) is 12.1. The van der Waals surface area contributed by atoms with Gasteiger partial charge in [0.2, 0.25) is 0 Å². The van der Waals surface area contributed by atoms with Gasteiger partial charge in [0.1, 0.15) is 44.0 Å². The summed E-state index contributed by atoms with van der Waals surface area (Å²) in [6, 6.07) is 14.2. The van der Waals surface area contributed by atoms with E-state index in [4.69, 9.17) is 11.5 Å². The van der Waals surface area contributed by atoms with Crippen LogP contribution in [0.5, 0.6) is 11.5 Å². The zero-order chi connectivity index (χ0) is 44.1. The fourth-order valence-corrected chi connectivity index (χ4v) is 8.17. The molecule has 0 aliphatic heterocycles. The van der Waals surface area contributed by atoms with Crippen molar-refractivity contribution < 1.29 is 62.3 Å². The zero-order valence-corrected chi connectivity index (χ0v) is 33.3. The van der Waals surface area contributed by atoms with Crippen molar-refractivity contribution in [2.75, 3.05) is 28.4 Å². The van der Waals surface area contributed by atoms with Gasteiger partial charge in [0, 0.05) is 23.7 Å². The minimum Gasteiger partial charge on any atom is -0.507 e. The minimum atomic E-state index is -5.08. The summed E-state index contributed by atoms with van der Waals surface area (Å²) in [5.41, 5.74) is 10.0. The maximum atomic E-state index is 13.0. The first-order valence-corrected chi connectivity index (χ1v) is 22.4. The van der Waals surface area contributed by atoms with Gasteiger partial charge in [-0.05, 0) is 77.5 Å². The van der Waals surface area contributed by atoms with Gasteiger partial charge in [-0.3, -0.25) is 13.7 Å². The molecule has 0 saturated carbocycles. The van der Waals surface area contributed by atoms with Gasteiger partial charge in [-0.15, -0.1) is 20.5 Å². The van der Waals surface area contributed by atoms with E-state index in [1.54, 1.807) is 0 Å². The number of rotatable bonds is 10. The smallest absolute Gasteiger partial charge is 0.323 e. The number of anilines is 4. The van der Waals surface area contributed by atoms with Crippen LogP contribution in [0.1, 0.15) is 0 Å². The number of fused-ring (bicyclic) bond motifs is 2. The van der Waals surface area contributed by atoms with Gasteiger partial charge in [-0.25, -0.2) is 13.2 Å². The summed E-state index contributed by atoms with van der Waals surface area (Å²) in [6.45, 7) is 0. The van der Waals surface area contributed by atoms with Crippen LogP contribution in [0.15, 0.2) is 125 Å². The first-order chi connectivity index (χ1) is 27.8. The molecule has 2 amide bonds. The molecule has 0 heterocycles. The molecule has 0 saturated heterocycles. The van der Waals surface area contributed by atoms with Crippen molar-refractivity contribution in [2.45, 2.75) is 19.6 Å². The second kappa shape index (κ2) is 15.4. The number of nitrogens with one attached hydrogen (secondary N) is 2. The Bertz CT molecular complexity index is 3120. The number of phenols is 2. The lowest BCUT2D eigenvalue weighted by Gasteiger charge is -2.12. The first-order valence-electron chi connectivity index (χ1n) is 16.2. The number of aromatic hydroxyl groups is 2. The van der Waals surface area contributed by atoms with Crippen LogP contribution in [0.3, 0.4) is 0 Å². The second-order valence-corrected chi connectivity index (χ2v) is 18.8. The lowest BCUT2D eigenvalue weighted by atomic mass is 10.1. The van der Waals surface area contributed by atoms with Gasteiger partial charge in [-0.1, -0.05) is 12.1 Å². The van der Waals surface area contributed by atoms with Gasteiger partial charge < -0.3 is 32.3 Å². The van der Waals surface area contributed by atoms with E-state index in [9.17, 15) is 62.3 Å². The molecule has 22 nitrogen and oxygen atoms in total. The van der Waals surface area contributed by atoms with Gasteiger partial charge in [0.25, 0.3) is 30.4 Å². The second-order valence-electron chi connectivity index (χ2n) is 12.6. The van der Waals surface area contributed by atoms with Crippen LogP contribution in [0.4, 0.5) is 50.3 Å². The molecular weight excluding hydrogens is 873 g/mol. The number of phenolic OH excluding ortho intramolecular Hbond substituents is 2. The van der Waals surface area contributed by atoms with Crippen molar-refractivity contribution in [1.29, 1.82) is 0 Å². The summed E-state index contributed by atoms with van der Waals surface area (Å²) >= 11 is 0. The molecule has 0 unspecified atom stereocenters. The molecule has 0 radical (unpaired) electrons. The summed E-state index contributed by atoms with van der Waals surface area (Å²) in [4.78, 5) is 10.4. The number of benzene rings is 6. The SMILES string of the molecule is CS(=O)(=O)c1cc(O)c2c(N=Nc3ccc(NC(=O)Nc4ccc(N=Nc5c(N)ccc6cc(S(=O)(=O)O)cc(O)c56)c(S(=O)(=O)O)c4)cc3S(=O)(=O)O)c(N)ccc2c1. The van der Waals surface area contributed by atoms with Crippen molar-refractivity contribution >= 4 is 113 Å². The number of hydrogen-bond acceptors (Lipinski definition) is 17. The van der Waals surface area contributed by atoms with Gasteiger partial charge in [0.05, 0.1) is 31.9 Å². The number of amides is 2. The van der Waals surface area contributed by atoms with Crippen molar-refractivity contribution in [3.05, 3.63) is 84.9 Å². The normalized spacial score (nSPS) is 12.7. The molecule has 0 aliphatic carbocycles. The molecule has 0 bridgehead atoms. The average Bonchev–Trinajstić information content (AvgIpc) is 3.13. The first kappa shape index (κ1) is 42.8. The number of urea groups is 1. The summed E-state index contributed by atoms with van der Waals surface area (Å²) in [6.07, 6.45) is 0.940. The number of nitrogens with zero attached hydrogens (tertiary/aromatic N) is 4. The lowest BCUT2D eigenvalue weighted by Crippen LogP contribution is -2.19. The number of carbonyl (C=O) groups is 1. The molecule has 0 fully saturated rings. The summed E-state index contributed by atoms with van der Waals surface area (Å²) in [7, 11) is -18.6. The zero-order valence-electron chi connectivity index (χ0n) is 30.1. The molecule has 6 aromatic carbocycles. The molecule has 0 aromatic heterocycles. The molecule has 11 N–H and O–H groups in total. The Hall–Kier alpha value is -6.81. The van der Waals surface area contributed by atoms with E-state index in [1.165, 1.54) is 30.3 Å². The van der Waals surface area contributed by atoms with E-state index in [0.717, 1.165) is 60.9 Å². The Balaban J connectivity index is 1.27. The van der Waals surface area contributed by atoms with Crippen LogP contribution >= 0.6 is 0 Å². The van der Waals surface area contributed by atoms with Gasteiger partial charge in [-0.2, -0.15) is 25.3 Å². The molecular formula is C34H28N8O14S4. The third kappa shape index (κ3) is 9.08. The van der Waals surface area contributed by atoms with E-state index in [-0.39, 0.29) is 60.6 Å². The van der Waals surface area contributed by atoms with Crippen LogP contribution in [-0.2, 0) is 40.2 Å². The Morgan fingerprint density at radius 1 is 0.533 bits per heavy atom. The highest BCUT2D eigenvalue weighted by Crippen LogP contribution is 2.43. The molecule has 6 rings (SSSR count). The van der Waals surface area contributed by atoms with Gasteiger partial charge >= 0.3 is 6.03 Å². The van der Waals surface area contributed by atoms with Crippen LogP contribution in [0.25, 0.3) is 21.5 Å². The molecule has 60 heavy (non-hydrogen) atoms. The predicted octanol–water partition coefficient (Wildman–Crippen LogP) is 6.19. The maximum Gasteiger partial charge on any atom is 0.323 e. The fraction of sp³-hybridized carbons (Fsp3) is 0.0294. The molecule has 0 aliphatic rings. The molecule has 312 valence electrons. The van der Waals surface area contributed by atoms with E-state index < -0.39 is 83.8 Å². The number of sulfone groups is 1. The largest absolute Gasteiger partial charge is 0.507 e. The highest BCUT2D eigenvalue weighted by molar-refractivity contribution is 7.90. The summed E-state index contributed by atoms with van der Waals surface area (Å²) in [5, 5.41) is 41.4. The number of azo groups is 2. The highest BCUT2D eigenvalue weighted by atomic mass is 32.2. The Kier molecular flexibility index (Phi) is 11.0. The van der Waals surface area contributed by atoms with E-state index in [0.29, 0.717) is 0 Å². The Morgan fingerprint density at radius 3 is 1.32 bits per heavy atom. The van der Waals surface area contributed by atoms with E-state index in [2.05, 4.69) is 31.1 Å². The summed E-state index contributed by atoms with van der Waals surface area (Å²) < 4.78 is 126. The fourth-order valence-electron chi connectivity index (χ4n) is 5.67. The number of nitrogens with two attached hydrogens (primary N) is 2. The van der Waals surface area contributed by atoms with Crippen molar-refractivity contribution in [3.8, 4) is 11.5 Å². The van der Waals surface area contributed by atoms with E-state index >= 15 is 0 Å². The van der Waals surface area contributed by atoms with Crippen LogP contribution in [-0.4, -0.2) is 69.8 Å². The molecule has 0 atom stereocenters. The maximum absolute atomic E-state index is 13.0. The summed E-state index contributed by atoms with van der Waals surface area (Å²) in [5.74, 6) is -1.20. The number of carbonyl (C=O) groups excluding carboxylic acids is 1. The molecule has 26 heteroatoms. The average molecular weight is 901 g/mol. The van der Waals surface area contributed by atoms with Crippen LogP contribution < -0.4 is 22.1 Å². The number of hydrogen-bond donors (Lipinski definition) is 9. The van der Waals surface area contributed by atoms with Crippen molar-refractivity contribution in [3.63, 3.8) is 0 Å². The van der Waals surface area contributed by atoms with E-state index in [1.807, 2.05) is 0 Å². The van der Waals surface area contributed by atoms with Crippen LogP contribution in [0.2, 0.25) is 0 Å². The van der Waals surface area contributed by atoms with Crippen LogP contribution in [0, 0.1) is 0 Å². The topological polar surface area (TPSA) is 380 Å². The molecule has 0 spiro atoms. The Labute approximate surface area is 339 Å². The number of nitrogen functional groups attached to an aromatic ring is 2.